The molecule has 2 aromatic rings. The van der Waals surface area contributed by atoms with Crippen molar-refractivity contribution in [1.82, 2.24) is 5.32 Å². The number of furan rings is 1. The van der Waals surface area contributed by atoms with Crippen LogP contribution in [0.4, 0.5) is 0 Å². The van der Waals surface area contributed by atoms with Gasteiger partial charge in [-0.25, -0.2) is 0 Å². The van der Waals surface area contributed by atoms with Gasteiger partial charge in [0.05, 0.1) is 5.39 Å². The highest BCUT2D eigenvalue weighted by molar-refractivity contribution is 6.01. The molecule has 1 aromatic carbocycles. The second-order valence-corrected chi connectivity index (χ2v) is 5.50. The second kappa shape index (κ2) is 7.42. The van der Waals surface area contributed by atoms with Crippen LogP contribution < -0.4 is 10.1 Å². The highest BCUT2D eigenvalue weighted by Crippen LogP contribution is 2.33. The summed E-state index contributed by atoms with van der Waals surface area (Å²) in [5.41, 5.74) is 0.606. The van der Waals surface area contributed by atoms with Crippen molar-refractivity contribution in [3.63, 3.8) is 0 Å². The first-order chi connectivity index (χ1) is 10.5. The van der Waals surface area contributed by atoms with E-state index >= 15 is 0 Å². The van der Waals surface area contributed by atoms with Gasteiger partial charge in [-0.2, -0.15) is 0 Å². The molecule has 120 valence electrons. The lowest BCUT2D eigenvalue weighted by atomic mass is 10.2. The normalized spacial score (nSPS) is 14.0. The zero-order chi connectivity index (χ0) is 16.1. The number of ketones is 1. The summed E-state index contributed by atoms with van der Waals surface area (Å²) in [5, 5.41) is 14.0. The number of rotatable bonds is 8. The van der Waals surface area contributed by atoms with E-state index in [1.807, 2.05) is 18.2 Å². The van der Waals surface area contributed by atoms with Crippen LogP contribution in [0, 0.1) is 0 Å². The SMILES string of the molecule is CCC(C)NCC(O)COc1c(C(C)=O)oc2ccccc12. The third kappa shape index (κ3) is 3.87. The highest BCUT2D eigenvalue weighted by atomic mass is 16.5. The third-order valence-electron chi connectivity index (χ3n) is 3.60. The molecule has 2 N–H and O–H groups in total. The van der Waals surface area contributed by atoms with Crippen LogP contribution in [0.25, 0.3) is 11.0 Å². The van der Waals surface area contributed by atoms with Gasteiger partial charge in [0.2, 0.25) is 5.76 Å². The van der Waals surface area contributed by atoms with Crippen molar-refractivity contribution in [3.8, 4) is 5.75 Å². The van der Waals surface area contributed by atoms with E-state index < -0.39 is 6.10 Å². The largest absolute Gasteiger partial charge is 0.486 e. The Labute approximate surface area is 130 Å². The van der Waals surface area contributed by atoms with Crippen LogP contribution in [0.3, 0.4) is 0 Å². The molecule has 22 heavy (non-hydrogen) atoms. The minimum Gasteiger partial charge on any atom is -0.486 e. The molecule has 0 saturated carbocycles. The topological polar surface area (TPSA) is 71.7 Å². The van der Waals surface area contributed by atoms with Gasteiger partial charge in [0.15, 0.2) is 11.5 Å². The van der Waals surface area contributed by atoms with E-state index in [0.717, 1.165) is 11.8 Å². The van der Waals surface area contributed by atoms with Crippen molar-refractivity contribution < 1.29 is 19.1 Å². The number of aliphatic hydroxyl groups excluding tert-OH is 1. The van der Waals surface area contributed by atoms with E-state index in [1.54, 1.807) is 6.07 Å². The van der Waals surface area contributed by atoms with Gasteiger partial charge in [0.25, 0.3) is 0 Å². The maximum Gasteiger partial charge on any atom is 0.212 e. The number of carbonyl (C=O) groups is 1. The monoisotopic (exact) mass is 305 g/mol. The Kier molecular flexibility index (Phi) is 5.57. The maximum absolute atomic E-state index is 11.7. The number of hydrogen-bond donors (Lipinski definition) is 2. The fourth-order valence-electron chi connectivity index (χ4n) is 2.12. The molecule has 2 atom stereocenters. The molecule has 2 unspecified atom stereocenters. The summed E-state index contributed by atoms with van der Waals surface area (Å²) in [6.45, 7) is 6.13. The fraction of sp³-hybridized carbons (Fsp3) is 0.471. The molecule has 0 bridgehead atoms. The summed E-state index contributed by atoms with van der Waals surface area (Å²) in [7, 11) is 0. The van der Waals surface area contributed by atoms with Crippen LogP contribution in [-0.4, -0.2) is 36.2 Å². The molecule has 0 aliphatic heterocycles. The average molecular weight is 305 g/mol. The second-order valence-electron chi connectivity index (χ2n) is 5.50. The minimum absolute atomic E-state index is 0.104. The molecule has 0 amide bonds. The van der Waals surface area contributed by atoms with Crippen molar-refractivity contribution >= 4 is 16.8 Å². The van der Waals surface area contributed by atoms with Gasteiger partial charge in [-0.3, -0.25) is 4.79 Å². The quantitative estimate of drug-likeness (QED) is 0.734. The van der Waals surface area contributed by atoms with Crippen molar-refractivity contribution in [2.45, 2.75) is 39.3 Å². The number of hydrogen-bond acceptors (Lipinski definition) is 5. The number of fused-ring (bicyclic) bond motifs is 1. The smallest absolute Gasteiger partial charge is 0.212 e. The lowest BCUT2D eigenvalue weighted by Crippen LogP contribution is -2.36. The average Bonchev–Trinajstić information content (AvgIpc) is 2.89. The molecule has 5 nitrogen and oxygen atoms in total. The molecule has 0 fully saturated rings. The molecule has 0 aliphatic rings. The lowest BCUT2D eigenvalue weighted by Gasteiger charge is -2.16. The number of carbonyl (C=O) groups excluding carboxylic acids is 1. The Bertz CT molecular complexity index is 635. The minimum atomic E-state index is -0.650. The number of para-hydroxylation sites is 1. The van der Waals surface area contributed by atoms with Gasteiger partial charge in [-0.1, -0.05) is 19.1 Å². The Morgan fingerprint density at radius 2 is 2.14 bits per heavy atom. The van der Waals surface area contributed by atoms with Gasteiger partial charge in [-0.05, 0) is 25.5 Å². The molecule has 0 spiro atoms. The Morgan fingerprint density at radius 1 is 1.41 bits per heavy atom. The number of aliphatic hydroxyl groups is 1. The first-order valence-corrected chi connectivity index (χ1v) is 7.59. The molecule has 1 heterocycles. The molecule has 0 saturated heterocycles. The predicted octanol–water partition coefficient (Wildman–Crippen LogP) is 2.76. The van der Waals surface area contributed by atoms with Gasteiger partial charge in [-0.15, -0.1) is 0 Å². The van der Waals surface area contributed by atoms with Crippen LogP contribution in [0.15, 0.2) is 28.7 Å². The molecule has 0 aliphatic carbocycles. The summed E-state index contributed by atoms with van der Waals surface area (Å²) < 4.78 is 11.2. The van der Waals surface area contributed by atoms with Crippen molar-refractivity contribution in [1.29, 1.82) is 0 Å². The molecular formula is C17H23NO4. The molecule has 1 aromatic heterocycles. The number of benzene rings is 1. The molecule has 2 rings (SSSR count). The van der Waals surface area contributed by atoms with E-state index in [2.05, 4.69) is 19.2 Å². The van der Waals surface area contributed by atoms with Crippen LogP contribution in [0.1, 0.15) is 37.7 Å². The van der Waals surface area contributed by atoms with Crippen LogP contribution in [0.5, 0.6) is 5.75 Å². The summed E-state index contributed by atoms with van der Waals surface area (Å²) >= 11 is 0. The number of ether oxygens (including phenoxy) is 1. The first-order valence-electron chi connectivity index (χ1n) is 7.59. The van der Waals surface area contributed by atoms with E-state index in [-0.39, 0.29) is 18.2 Å². The van der Waals surface area contributed by atoms with Crippen molar-refractivity contribution in [2.75, 3.05) is 13.2 Å². The Balaban J connectivity index is 2.07. The predicted molar refractivity (Wildman–Crippen MR) is 85.5 cm³/mol. The summed E-state index contributed by atoms with van der Waals surface area (Å²) in [6.07, 6.45) is 0.344. The maximum atomic E-state index is 11.7. The van der Waals surface area contributed by atoms with Gasteiger partial charge < -0.3 is 19.6 Å². The highest BCUT2D eigenvalue weighted by Gasteiger charge is 2.20. The van der Waals surface area contributed by atoms with Gasteiger partial charge in [0.1, 0.15) is 18.3 Å². The van der Waals surface area contributed by atoms with E-state index in [0.29, 0.717) is 23.9 Å². The zero-order valence-electron chi connectivity index (χ0n) is 13.3. The number of nitrogens with one attached hydrogen (secondary N) is 1. The van der Waals surface area contributed by atoms with Crippen LogP contribution in [0.2, 0.25) is 0 Å². The Hall–Kier alpha value is -1.85. The van der Waals surface area contributed by atoms with Crippen LogP contribution >= 0.6 is 0 Å². The van der Waals surface area contributed by atoms with E-state index in [9.17, 15) is 9.90 Å². The molecular weight excluding hydrogens is 282 g/mol. The van der Waals surface area contributed by atoms with E-state index in [1.165, 1.54) is 6.92 Å². The standard InChI is InChI=1S/C17H23NO4/c1-4-11(2)18-9-13(20)10-21-17-14-7-5-6-8-15(14)22-16(17)12(3)19/h5-8,11,13,18,20H,4,9-10H2,1-3H3. The molecule has 5 heteroatoms. The van der Waals surface area contributed by atoms with Crippen LogP contribution in [-0.2, 0) is 0 Å². The number of Topliss-reactive ketones (excluding diaryl/α,β-unsaturated/α-hetero) is 1. The molecule has 0 radical (unpaired) electrons. The summed E-state index contributed by atoms with van der Waals surface area (Å²) in [6, 6.07) is 7.66. The first kappa shape index (κ1) is 16.5. The van der Waals surface area contributed by atoms with Gasteiger partial charge in [0, 0.05) is 19.5 Å². The zero-order valence-corrected chi connectivity index (χ0v) is 13.3. The van der Waals surface area contributed by atoms with Gasteiger partial charge >= 0.3 is 0 Å². The summed E-state index contributed by atoms with van der Waals surface area (Å²) in [5.74, 6) is 0.410. The lowest BCUT2D eigenvalue weighted by molar-refractivity contribution is 0.0941. The fourth-order valence-corrected chi connectivity index (χ4v) is 2.12. The Morgan fingerprint density at radius 3 is 2.82 bits per heavy atom. The summed E-state index contributed by atoms with van der Waals surface area (Å²) in [4.78, 5) is 11.7. The third-order valence-corrected chi connectivity index (χ3v) is 3.60. The van der Waals surface area contributed by atoms with E-state index in [4.69, 9.17) is 9.15 Å². The van der Waals surface area contributed by atoms with Crippen molar-refractivity contribution in [2.24, 2.45) is 0 Å². The van der Waals surface area contributed by atoms with Crippen molar-refractivity contribution in [3.05, 3.63) is 30.0 Å².